The lowest BCUT2D eigenvalue weighted by molar-refractivity contribution is 0.476. The summed E-state index contributed by atoms with van der Waals surface area (Å²) in [5, 5.41) is 0. The van der Waals surface area contributed by atoms with Crippen LogP contribution in [0.25, 0.3) is 0 Å². The molecule has 1 aliphatic heterocycles. The zero-order valence-corrected chi connectivity index (χ0v) is 13.5. The second-order valence-corrected chi connectivity index (χ2v) is 6.00. The molecule has 23 heavy (non-hydrogen) atoms. The van der Waals surface area contributed by atoms with Crippen molar-refractivity contribution in [3.63, 3.8) is 0 Å². The maximum atomic E-state index is 6.05. The fourth-order valence-corrected chi connectivity index (χ4v) is 3.37. The third-order valence-corrected chi connectivity index (χ3v) is 4.19. The van der Waals surface area contributed by atoms with Gasteiger partial charge in [0.05, 0.1) is 17.6 Å². The molecule has 0 bridgehead atoms. The Bertz CT molecular complexity index is 833. The van der Waals surface area contributed by atoms with Crippen LogP contribution in [0.2, 0.25) is 0 Å². The molecule has 0 saturated carbocycles. The van der Waals surface area contributed by atoms with E-state index in [1.807, 2.05) is 30.5 Å². The molecule has 0 spiro atoms. The predicted octanol–water partition coefficient (Wildman–Crippen LogP) is 5.58. The van der Waals surface area contributed by atoms with Crippen molar-refractivity contribution in [2.75, 3.05) is 4.90 Å². The van der Waals surface area contributed by atoms with E-state index in [1.54, 1.807) is 6.20 Å². The van der Waals surface area contributed by atoms with E-state index in [-0.39, 0.29) is 0 Å². The van der Waals surface area contributed by atoms with Crippen molar-refractivity contribution in [3.05, 3.63) is 71.5 Å². The third kappa shape index (κ3) is 2.16. The van der Waals surface area contributed by atoms with Crippen molar-refractivity contribution in [2.45, 2.75) is 20.8 Å². The number of pyridine rings is 1. The minimum Gasteiger partial charge on any atom is -0.453 e. The van der Waals surface area contributed by atoms with Gasteiger partial charge in [-0.15, -0.1) is 0 Å². The summed E-state index contributed by atoms with van der Waals surface area (Å²) >= 11 is 0. The van der Waals surface area contributed by atoms with Gasteiger partial charge in [-0.05, 0) is 44.0 Å². The van der Waals surface area contributed by atoms with E-state index < -0.39 is 0 Å². The summed E-state index contributed by atoms with van der Waals surface area (Å²) in [4.78, 5) is 6.56. The number of hydrogen-bond donors (Lipinski definition) is 0. The van der Waals surface area contributed by atoms with Gasteiger partial charge in [0.1, 0.15) is 5.69 Å². The molecule has 3 nitrogen and oxygen atoms in total. The normalized spacial score (nSPS) is 12.4. The number of benzene rings is 2. The number of nitrogens with zero attached hydrogens (tertiary/aromatic N) is 2. The summed E-state index contributed by atoms with van der Waals surface area (Å²) in [7, 11) is 0. The van der Waals surface area contributed by atoms with E-state index in [0.29, 0.717) is 0 Å². The van der Waals surface area contributed by atoms with E-state index in [9.17, 15) is 0 Å². The third-order valence-electron chi connectivity index (χ3n) is 4.19. The van der Waals surface area contributed by atoms with Crippen LogP contribution in [0.1, 0.15) is 16.7 Å². The Morgan fingerprint density at radius 2 is 1.57 bits per heavy atom. The smallest absolute Gasteiger partial charge is 0.154 e. The molecule has 114 valence electrons. The van der Waals surface area contributed by atoms with E-state index in [2.05, 4.69) is 48.9 Å². The molecular formula is C20H18N2O. The van der Waals surface area contributed by atoms with Crippen LogP contribution in [0.4, 0.5) is 17.1 Å². The summed E-state index contributed by atoms with van der Waals surface area (Å²) in [5.41, 5.74) is 6.98. The van der Waals surface area contributed by atoms with Crippen molar-refractivity contribution in [3.8, 4) is 11.5 Å². The molecule has 0 aliphatic carbocycles. The van der Waals surface area contributed by atoms with Crippen LogP contribution in [0.5, 0.6) is 11.5 Å². The minimum atomic E-state index is 0.832. The minimum absolute atomic E-state index is 0.832. The van der Waals surface area contributed by atoms with Crippen molar-refractivity contribution in [2.24, 2.45) is 0 Å². The van der Waals surface area contributed by atoms with Gasteiger partial charge < -0.3 is 9.64 Å². The van der Waals surface area contributed by atoms with Gasteiger partial charge in [0.15, 0.2) is 11.5 Å². The standard InChI is InChI=1S/C20H18N2O/c1-13-10-14(2)20(15(3)11-13)22-16-6-4-5-7-18(16)23-19-8-9-21-12-17(19)22/h4-12H,1-3H3. The molecule has 4 rings (SSSR count). The number of aryl methyl sites for hydroxylation is 3. The molecule has 0 saturated heterocycles. The highest BCUT2D eigenvalue weighted by atomic mass is 16.5. The predicted molar refractivity (Wildman–Crippen MR) is 93.2 cm³/mol. The highest BCUT2D eigenvalue weighted by molar-refractivity contribution is 5.88. The number of rotatable bonds is 1. The van der Waals surface area contributed by atoms with Crippen molar-refractivity contribution in [1.82, 2.24) is 4.98 Å². The number of fused-ring (bicyclic) bond motifs is 2. The molecular weight excluding hydrogens is 284 g/mol. The molecule has 1 aliphatic rings. The Kier molecular flexibility index (Phi) is 3.08. The molecule has 0 radical (unpaired) electrons. The van der Waals surface area contributed by atoms with E-state index >= 15 is 0 Å². The van der Waals surface area contributed by atoms with Crippen LogP contribution in [0.3, 0.4) is 0 Å². The van der Waals surface area contributed by atoms with E-state index in [0.717, 1.165) is 22.9 Å². The van der Waals surface area contributed by atoms with E-state index in [4.69, 9.17) is 4.74 Å². The van der Waals surface area contributed by atoms with Gasteiger partial charge in [-0.3, -0.25) is 4.98 Å². The highest BCUT2D eigenvalue weighted by Crippen LogP contribution is 2.51. The first-order valence-corrected chi connectivity index (χ1v) is 7.74. The first kappa shape index (κ1) is 13.8. The molecule has 0 N–H and O–H groups in total. The SMILES string of the molecule is Cc1cc(C)c(N2c3ccccc3Oc3ccncc32)c(C)c1. The van der Waals surface area contributed by atoms with Crippen LogP contribution in [0.15, 0.2) is 54.9 Å². The summed E-state index contributed by atoms with van der Waals surface area (Å²) in [6.07, 6.45) is 3.63. The monoisotopic (exact) mass is 302 g/mol. The summed E-state index contributed by atoms with van der Waals surface area (Å²) in [5.74, 6) is 1.70. The molecule has 0 amide bonds. The van der Waals surface area contributed by atoms with Crippen molar-refractivity contribution in [1.29, 1.82) is 0 Å². The van der Waals surface area contributed by atoms with Gasteiger partial charge in [-0.2, -0.15) is 0 Å². The van der Waals surface area contributed by atoms with Crippen LogP contribution in [0, 0.1) is 20.8 Å². The Balaban J connectivity index is 2.02. The Morgan fingerprint density at radius 1 is 0.870 bits per heavy atom. The quantitative estimate of drug-likeness (QED) is 0.459. The first-order valence-electron chi connectivity index (χ1n) is 7.74. The number of aromatic nitrogens is 1. The largest absolute Gasteiger partial charge is 0.453 e. The number of ether oxygens (including phenoxy) is 1. The lowest BCUT2D eigenvalue weighted by Crippen LogP contribution is -2.18. The topological polar surface area (TPSA) is 25.4 Å². The van der Waals surface area contributed by atoms with Crippen molar-refractivity contribution >= 4 is 17.1 Å². The molecule has 0 fully saturated rings. The summed E-state index contributed by atoms with van der Waals surface area (Å²) in [6.45, 7) is 6.44. The number of para-hydroxylation sites is 2. The average molecular weight is 302 g/mol. The zero-order valence-electron chi connectivity index (χ0n) is 13.5. The van der Waals surface area contributed by atoms with Gasteiger partial charge >= 0.3 is 0 Å². The van der Waals surface area contributed by atoms with Gasteiger partial charge in [0, 0.05) is 12.3 Å². The molecule has 3 aromatic rings. The molecule has 3 heteroatoms. The van der Waals surface area contributed by atoms with Gasteiger partial charge in [-0.25, -0.2) is 0 Å². The average Bonchev–Trinajstić information content (AvgIpc) is 2.53. The molecule has 2 heterocycles. The summed E-state index contributed by atoms with van der Waals surface area (Å²) < 4.78 is 6.05. The maximum absolute atomic E-state index is 6.05. The summed E-state index contributed by atoms with van der Waals surface area (Å²) in [6, 6.07) is 14.5. The lowest BCUT2D eigenvalue weighted by atomic mass is 10.0. The number of anilines is 3. The lowest BCUT2D eigenvalue weighted by Gasteiger charge is -2.34. The first-order chi connectivity index (χ1) is 11.1. The fraction of sp³-hybridized carbons (Fsp3) is 0.150. The van der Waals surface area contributed by atoms with Crippen LogP contribution >= 0.6 is 0 Å². The van der Waals surface area contributed by atoms with Crippen LogP contribution in [-0.4, -0.2) is 4.98 Å². The van der Waals surface area contributed by atoms with Gasteiger partial charge in [0.25, 0.3) is 0 Å². The van der Waals surface area contributed by atoms with Gasteiger partial charge in [0.2, 0.25) is 0 Å². The molecule has 0 unspecified atom stereocenters. The molecule has 2 aromatic carbocycles. The second kappa shape index (κ2) is 5.13. The van der Waals surface area contributed by atoms with Crippen LogP contribution < -0.4 is 9.64 Å². The highest BCUT2D eigenvalue weighted by Gasteiger charge is 2.27. The van der Waals surface area contributed by atoms with Crippen LogP contribution in [-0.2, 0) is 0 Å². The maximum Gasteiger partial charge on any atom is 0.154 e. The Hall–Kier alpha value is -2.81. The second-order valence-electron chi connectivity index (χ2n) is 6.00. The molecule has 1 aromatic heterocycles. The van der Waals surface area contributed by atoms with E-state index in [1.165, 1.54) is 22.4 Å². The Labute approximate surface area is 136 Å². The van der Waals surface area contributed by atoms with Crippen molar-refractivity contribution < 1.29 is 4.74 Å². The number of hydrogen-bond acceptors (Lipinski definition) is 3. The molecule has 0 atom stereocenters. The fourth-order valence-electron chi connectivity index (χ4n) is 3.37. The zero-order chi connectivity index (χ0) is 16.0. The Morgan fingerprint density at radius 3 is 2.35 bits per heavy atom. The van der Waals surface area contributed by atoms with Gasteiger partial charge in [-0.1, -0.05) is 29.8 Å².